The van der Waals surface area contributed by atoms with Gasteiger partial charge in [-0.1, -0.05) is 6.92 Å². The maximum atomic E-state index is 14.3. The fraction of sp³-hybridized carbons (Fsp3) is 0.571. The summed E-state index contributed by atoms with van der Waals surface area (Å²) < 4.78 is 14.3. The second kappa shape index (κ2) is 6.65. The summed E-state index contributed by atoms with van der Waals surface area (Å²) in [4.78, 5) is 17.8. The van der Waals surface area contributed by atoms with Gasteiger partial charge in [0.05, 0.1) is 11.7 Å². The summed E-state index contributed by atoms with van der Waals surface area (Å²) in [6.45, 7) is 3.50. The van der Waals surface area contributed by atoms with Crippen molar-refractivity contribution in [2.75, 3.05) is 25.0 Å². The minimum absolute atomic E-state index is 0.0370. The minimum atomic E-state index is -0.600. The summed E-state index contributed by atoms with van der Waals surface area (Å²) in [5, 5.41) is 12.3. The van der Waals surface area contributed by atoms with Gasteiger partial charge in [-0.2, -0.15) is 0 Å². The fourth-order valence-electron chi connectivity index (χ4n) is 2.21. The van der Waals surface area contributed by atoms with Crippen LogP contribution in [0.3, 0.4) is 0 Å². The topological polar surface area (TPSA) is 65.5 Å². The van der Waals surface area contributed by atoms with Gasteiger partial charge < -0.3 is 15.3 Å². The van der Waals surface area contributed by atoms with Crippen molar-refractivity contribution < 1.29 is 14.3 Å². The number of anilines is 1. The maximum Gasteiger partial charge on any atom is 0.257 e. The van der Waals surface area contributed by atoms with Crippen LogP contribution in [0.4, 0.5) is 10.2 Å². The molecular weight excluding hydrogens is 261 g/mol. The molecule has 0 radical (unpaired) electrons. The number of nitrogens with zero attached hydrogens (tertiary/aromatic N) is 2. The van der Waals surface area contributed by atoms with Crippen LogP contribution in [-0.4, -0.2) is 46.6 Å². The van der Waals surface area contributed by atoms with Crippen LogP contribution >= 0.6 is 0 Å². The molecule has 1 amide bonds. The van der Waals surface area contributed by atoms with Gasteiger partial charge in [-0.25, -0.2) is 9.37 Å². The predicted molar refractivity (Wildman–Crippen MR) is 74.1 cm³/mol. The summed E-state index contributed by atoms with van der Waals surface area (Å²) in [7, 11) is 0. The highest BCUT2D eigenvalue weighted by Gasteiger charge is 2.25. The number of aliphatic hydroxyl groups excluding tert-OH is 1. The molecule has 0 aromatic carbocycles. The van der Waals surface area contributed by atoms with E-state index in [1.807, 2.05) is 6.92 Å². The number of hydrogen-bond donors (Lipinski definition) is 2. The van der Waals surface area contributed by atoms with Crippen molar-refractivity contribution in [1.82, 2.24) is 9.88 Å². The van der Waals surface area contributed by atoms with E-state index in [1.54, 1.807) is 4.90 Å². The summed E-state index contributed by atoms with van der Waals surface area (Å²) >= 11 is 0. The summed E-state index contributed by atoms with van der Waals surface area (Å²) in [5.74, 6) is -0.817. The van der Waals surface area contributed by atoms with Crippen LogP contribution in [-0.2, 0) is 0 Å². The monoisotopic (exact) mass is 281 g/mol. The molecule has 0 spiro atoms. The van der Waals surface area contributed by atoms with E-state index in [0.29, 0.717) is 32.5 Å². The number of nitrogens with one attached hydrogen (secondary N) is 1. The van der Waals surface area contributed by atoms with Crippen LogP contribution in [0, 0.1) is 5.82 Å². The average molecular weight is 281 g/mol. The molecule has 6 heteroatoms. The Morgan fingerprint density at radius 2 is 2.25 bits per heavy atom. The standard InChI is InChI=1S/C14H20FN3O2/c1-2-6-16-13-12(15)11(3-7-17-13)14(20)18-8-4-10(19)5-9-18/h3,7,10,19H,2,4-6,8-9H2,1H3,(H,16,17). The normalized spacial score (nSPS) is 16.2. The molecule has 1 saturated heterocycles. The molecule has 5 nitrogen and oxygen atoms in total. The lowest BCUT2D eigenvalue weighted by Gasteiger charge is -2.29. The van der Waals surface area contributed by atoms with Gasteiger partial charge in [0.1, 0.15) is 0 Å². The Balaban J connectivity index is 2.13. The van der Waals surface area contributed by atoms with Crippen LogP contribution < -0.4 is 5.32 Å². The maximum absolute atomic E-state index is 14.3. The molecule has 2 N–H and O–H groups in total. The van der Waals surface area contributed by atoms with Crippen molar-refractivity contribution >= 4 is 11.7 Å². The molecule has 0 aliphatic carbocycles. The second-order valence-corrected chi connectivity index (χ2v) is 4.97. The zero-order valence-electron chi connectivity index (χ0n) is 11.6. The van der Waals surface area contributed by atoms with Gasteiger partial charge in [0.2, 0.25) is 0 Å². The van der Waals surface area contributed by atoms with Crippen LogP contribution in [0.2, 0.25) is 0 Å². The highest BCUT2D eigenvalue weighted by atomic mass is 19.1. The van der Waals surface area contributed by atoms with Gasteiger partial charge in [0.25, 0.3) is 5.91 Å². The van der Waals surface area contributed by atoms with E-state index in [-0.39, 0.29) is 23.4 Å². The molecule has 110 valence electrons. The van der Waals surface area contributed by atoms with Crippen molar-refractivity contribution in [2.24, 2.45) is 0 Å². The number of aliphatic hydroxyl groups is 1. The number of halogens is 1. The summed E-state index contributed by atoms with van der Waals surface area (Å²) in [5.41, 5.74) is 0.0370. The number of carbonyl (C=O) groups excluding carboxylic acids is 1. The lowest BCUT2D eigenvalue weighted by molar-refractivity contribution is 0.0542. The molecule has 1 aliphatic rings. The highest BCUT2D eigenvalue weighted by molar-refractivity contribution is 5.95. The number of pyridine rings is 1. The van der Waals surface area contributed by atoms with Gasteiger partial charge in [-0.05, 0) is 25.3 Å². The molecule has 2 rings (SSSR count). The highest BCUT2D eigenvalue weighted by Crippen LogP contribution is 2.19. The summed E-state index contributed by atoms with van der Waals surface area (Å²) in [6, 6.07) is 1.40. The van der Waals surface area contributed by atoms with E-state index in [0.717, 1.165) is 6.42 Å². The predicted octanol–water partition coefficient (Wildman–Crippen LogP) is 1.64. The largest absolute Gasteiger partial charge is 0.393 e. The minimum Gasteiger partial charge on any atom is -0.393 e. The number of hydrogen-bond acceptors (Lipinski definition) is 4. The van der Waals surface area contributed by atoms with Crippen LogP contribution in [0.5, 0.6) is 0 Å². The van der Waals surface area contributed by atoms with E-state index < -0.39 is 5.82 Å². The van der Waals surface area contributed by atoms with Crippen LogP contribution in [0.1, 0.15) is 36.5 Å². The smallest absolute Gasteiger partial charge is 0.257 e. The molecule has 1 fully saturated rings. The van der Waals surface area contributed by atoms with E-state index >= 15 is 0 Å². The molecule has 2 heterocycles. The third kappa shape index (κ3) is 3.25. The number of amides is 1. The zero-order valence-corrected chi connectivity index (χ0v) is 11.6. The molecule has 0 atom stereocenters. The second-order valence-electron chi connectivity index (χ2n) is 4.97. The van der Waals surface area contributed by atoms with E-state index in [9.17, 15) is 14.3 Å². The molecular formula is C14H20FN3O2. The van der Waals surface area contributed by atoms with Crippen LogP contribution in [0.25, 0.3) is 0 Å². The van der Waals surface area contributed by atoms with Gasteiger partial charge in [0, 0.05) is 25.8 Å². The van der Waals surface area contributed by atoms with Crippen molar-refractivity contribution in [3.8, 4) is 0 Å². The van der Waals surface area contributed by atoms with E-state index in [4.69, 9.17) is 0 Å². The van der Waals surface area contributed by atoms with Gasteiger partial charge in [0.15, 0.2) is 11.6 Å². The lowest BCUT2D eigenvalue weighted by atomic mass is 10.1. The Kier molecular flexibility index (Phi) is 4.89. The molecule has 0 unspecified atom stereocenters. The van der Waals surface area contributed by atoms with Crippen LogP contribution in [0.15, 0.2) is 12.3 Å². The summed E-state index contributed by atoms with van der Waals surface area (Å²) in [6.07, 6.45) is 3.01. The Bertz CT molecular complexity index is 473. The third-order valence-corrected chi connectivity index (χ3v) is 3.41. The third-order valence-electron chi connectivity index (χ3n) is 3.41. The first-order chi connectivity index (χ1) is 9.63. The Morgan fingerprint density at radius 1 is 1.55 bits per heavy atom. The first-order valence-corrected chi connectivity index (χ1v) is 6.99. The van der Waals surface area contributed by atoms with E-state index in [2.05, 4.69) is 10.3 Å². The lowest BCUT2D eigenvalue weighted by Crippen LogP contribution is -2.40. The number of rotatable bonds is 4. The molecule has 1 aromatic heterocycles. The molecule has 1 aliphatic heterocycles. The Morgan fingerprint density at radius 3 is 2.90 bits per heavy atom. The Hall–Kier alpha value is -1.69. The fourth-order valence-corrected chi connectivity index (χ4v) is 2.21. The number of carbonyl (C=O) groups is 1. The van der Waals surface area contributed by atoms with Gasteiger partial charge in [-0.3, -0.25) is 4.79 Å². The van der Waals surface area contributed by atoms with Gasteiger partial charge >= 0.3 is 0 Å². The quantitative estimate of drug-likeness (QED) is 0.880. The number of piperidine rings is 1. The van der Waals surface area contributed by atoms with Crippen molar-refractivity contribution in [3.63, 3.8) is 0 Å². The zero-order chi connectivity index (χ0) is 14.5. The van der Waals surface area contributed by atoms with Crippen molar-refractivity contribution in [1.29, 1.82) is 0 Å². The van der Waals surface area contributed by atoms with Crippen molar-refractivity contribution in [2.45, 2.75) is 32.3 Å². The average Bonchev–Trinajstić information content (AvgIpc) is 2.46. The molecule has 0 saturated carbocycles. The first kappa shape index (κ1) is 14.7. The van der Waals surface area contributed by atoms with Crippen molar-refractivity contribution in [3.05, 3.63) is 23.6 Å². The number of likely N-dealkylation sites (tertiary alicyclic amines) is 1. The Labute approximate surface area is 117 Å². The molecule has 1 aromatic rings. The molecule has 0 bridgehead atoms. The molecule has 20 heavy (non-hydrogen) atoms. The number of aromatic nitrogens is 1. The van der Waals surface area contributed by atoms with Gasteiger partial charge in [-0.15, -0.1) is 0 Å². The first-order valence-electron chi connectivity index (χ1n) is 6.99. The SMILES string of the molecule is CCCNc1nccc(C(=O)N2CCC(O)CC2)c1F. The van der Waals surface area contributed by atoms with E-state index in [1.165, 1.54) is 12.3 Å².